The van der Waals surface area contributed by atoms with Crippen LogP contribution < -0.4 is 4.74 Å². The number of para-hydroxylation sites is 1. The van der Waals surface area contributed by atoms with Crippen LogP contribution in [0.3, 0.4) is 0 Å². The summed E-state index contributed by atoms with van der Waals surface area (Å²) in [6, 6.07) is 8.40. The largest absolute Gasteiger partial charge is 0.487 e. The Morgan fingerprint density at radius 1 is 1.28 bits per heavy atom. The molecule has 1 saturated heterocycles. The molecule has 2 heteroatoms. The van der Waals surface area contributed by atoms with Crippen LogP contribution in [0.25, 0.3) is 0 Å². The molecule has 2 aliphatic heterocycles. The molecular formula is C16H20O2. The molecule has 4 rings (SSSR count). The lowest BCUT2D eigenvalue weighted by Crippen LogP contribution is -2.56. The summed E-state index contributed by atoms with van der Waals surface area (Å²) in [6.45, 7) is 5.55. The third-order valence-electron chi connectivity index (χ3n) is 5.30. The number of fused-ring (bicyclic) bond motifs is 3. The molecule has 0 spiro atoms. The van der Waals surface area contributed by atoms with Crippen LogP contribution in [0.4, 0.5) is 0 Å². The number of hydrogen-bond acceptors (Lipinski definition) is 2. The predicted molar refractivity (Wildman–Crippen MR) is 69.5 cm³/mol. The predicted octanol–water partition coefficient (Wildman–Crippen LogP) is 3.57. The average molecular weight is 244 g/mol. The molecule has 2 bridgehead atoms. The van der Waals surface area contributed by atoms with Crippen molar-refractivity contribution >= 4 is 0 Å². The summed E-state index contributed by atoms with van der Waals surface area (Å²) in [5, 5.41) is 0. The highest BCUT2D eigenvalue weighted by Gasteiger charge is 2.54. The molecule has 1 saturated carbocycles. The fourth-order valence-corrected chi connectivity index (χ4v) is 4.27. The van der Waals surface area contributed by atoms with Crippen molar-refractivity contribution in [1.82, 2.24) is 0 Å². The highest BCUT2D eigenvalue weighted by Crippen LogP contribution is 2.56. The molecule has 0 aromatic heterocycles. The van der Waals surface area contributed by atoms with Gasteiger partial charge < -0.3 is 9.47 Å². The molecule has 96 valence electrons. The van der Waals surface area contributed by atoms with Crippen molar-refractivity contribution in [2.45, 2.75) is 38.4 Å². The van der Waals surface area contributed by atoms with Crippen LogP contribution in [0.1, 0.15) is 38.4 Å². The summed E-state index contributed by atoms with van der Waals surface area (Å²) in [4.78, 5) is 0. The van der Waals surface area contributed by atoms with Crippen LogP contribution in [0, 0.1) is 17.8 Å². The second-order valence-electron chi connectivity index (χ2n) is 6.49. The third kappa shape index (κ3) is 1.33. The minimum atomic E-state index is -0.0324. The first-order valence-electron chi connectivity index (χ1n) is 7.07. The average Bonchev–Trinajstić information content (AvgIpc) is 2.37. The van der Waals surface area contributed by atoms with Gasteiger partial charge in [-0.2, -0.15) is 0 Å². The zero-order valence-electron chi connectivity index (χ0n) is 11.1. The molecule has 1 aromatic carbocycles. The number of ether oxygens (including phenoxy) is 2. The maximum absolute atomic E-state index is 6.37. The van der Waals surface area contributed by atoms with Gasteiger partial charge in [-0.3, -0.25) is 0 Å². The Labute approximate surface area is 108 Å². The Hall–Kier alpha value is -1.02. The molecule has 3 aliphatic rings. The van der Waals surface area contributed by atoms with E-state index in [-0.39, 0.29) is 11.7 Å². The van der Waals surface area contributed by atoms with Crippen LogP contribution in [-0.2, 0) is 4.74 Å². The van der Waals surface area contributed by atoms with Gasteiger partial charge in [0.25, 0.3) is 0 Å². The van der Waals surface area contributed by atoms with Crippen LogP contribution in [0.15, 0.2) is 24.3 Å². The summed E-state index contributed by atoms with van der Waals surface area (Å²) >= 11 is 0. The molecule has 2 heterocycles. The molecule has 2 nitrogen and oxygen atoms in total. The number of rotatable bonds is 0. The van der Waals surface area contributed by atoms with Crippen LogP contribution in [0.5, 0.6) is 5.75 Å². The summed E-state index contributed by atoms with van der Waals surface area (Å²) in [7, 11) is 0. The molecule has 18 heavy (non-hydrogen) atoms. The Morgan fingerprint density at radius 2 is 2.11 bits per heavy atom. The number of benzene rings is 1. The molecule has 0 amide bonds. The molecule has 0 radical (unpaired) electrons. The van der Waals surface area contributed by atoms with Gasteiger partial charge in [0.2, 0.25) is 0 Å². The van der Waals surface area contributed by atoms with Crippen molar-refractivity contribution < 1.29 is 9.47 Å². The lowest BCUT2D eigenvalue weighted by atomic mass is 9.62. The van der Waals surface area contributed by atoms with Gasteiger partial charge in [0.15, 0.2) is 0 Å². The van der Waals surface area contributed by atoms with Gasteiger partial charge in [0.05, 0.1) is 12.7 Å². The van der Waals surface area contributed by atoms with Gasteiger partial charge in [0.1, 0.15) is 11.4 Å². The van der Waals surface area contributed by atoms with Crippen molar-refractivity contribution in [2.24, 2.45) is 17.8 Å². The SMILES string of the molecule is C[C@@H]1C[C@@]2(C)Oc3ccccc3[C@H]3OC[C@@H]1C[C@H]32. The standard InChI is InChI=1S/C16H20O2/c1-10-8-16(2)13-7-11(10)9-17-15(13)12-5-3-4-6-14(12)18-16/h3-6,10-11,13,15H,7-9H2,1-2H3/t10-,11+,13-,15-,16-/m1/s1. The van der Waals surface area contributed by atoms with Crippen molar-refractivity contribution in [3.63, 3.8) is 0 Å². The summed E-state index contributed by atoms with van der Waals surface area (Å²) in [6.07, 6.45) is 2.68. The van der Waals surface area contributed by atoms with Gasteiger partial charge in [-0.05, 0) is 37.7 Å². The fraction of sp³-hybridized carbons (Fsp3) is 0.625. The van der Waals surface area contributed by atoms with Gasteiger partial charge in [0, 0.05) is 11.5 Å². The second kappa shape index (κ2) is 3.51. The first kappa shape index (κ1) is 10.9. The van der Waals surface area contributed by atoms with E-state index in [9.17, 15) is 0 Å². The highest BCUT2D eigenvalue weighted by molar-refractivity contribution is 5.39. The highest BCUT2D eigenvalue weighted by atomic mass is 16.5. The van der Waals surface area contributed by atoms with E-state index >= 15 is 0 Å². The van der Waals surface area contributed by atoms with E-state index in [2.05, 4.69) is 38.1 Å². The van der Waals surface area contributed by atoms with E-state index in [0.717, 1.165) is 24.7 Å². The maximum Gasteiger partial charge on any atom is 0.125 e. The van der Waals surface area contributed by atoms with E-state index in [4.69, 9.17) is 9.47 Å². The van der Waals surface area contributed by atoms with Crippen molar-refractivity contribution in [3.05, 3.63) is 29.8 Å². The first-order chi connectivity index (χ1) is 8.67. The second-order valence-corrected chi connectivity index (χ2v) is 6.49. The van der Waals surface area contributed by atoms with E-state index in [0.29, 0.717) is 11.8 Å². The Kier molecular flexibility index (Phi) is 2.12. The van der Waals surface area contributed by atoms with Gasteiger partial charge in [-0.1, -0.05) is 25.1 Å². The first-order valence-corrected chi connectivity index (χ1v) is 7.07. The minimum Gasteiger partial charge on any atom is -0.487 e. The van der Waals surface area contributed by atoms with E-state index < -0.39 is 0 Å². The van der Waals surface area contributed by atoms with E-state index in [1.54, 1.807) is 0 Å². The number of hydrogen-bond donors (Lipinski definition) is 0. The molecule has 5 atom stereocenters. The molecule has 0 unspecified atom stereocenters. The lowest BCUT2D eigenvalue weighted by molar-refractivity contribution is -0.184. The van der Waals surface area contributed by atoms with E-state index in [1.165, 1.54) is 12.0 Å². The molecule has 1 aromatic rings. The van der Waals surface area contributed by atoms with E-state index in [1.807, 2.05) is 0 Å². The summed E-state index contributed by atoms with van der Waals surface area (Å²) < 4.78 is 12.6. The Morgan fingerprint density at radius 3 is 3.00 bits per heavy atom. The summed E-state index contributed by atoms with van der Waals surface area (Å²) in [5.74, 6) is 3.00. The lowest BCUT2D eigenvalue weighted by Gasteiger charge is -2.55. The van der Waals surface area contributed by atoms with Crippen LogP contribution >= 0.6 is 0 Å². The minimum absolute atomic E-state index is 0.0324. The normalized spacial score (nSPS) is 45.0. The molecular weight excluding hydrogens is 224 g/mol. The van der Waals surface area contributed by atoms with Gasteiger partial charge in [-0.15, -0.1) is 0 Å². The third-order valence-corrected chi connectivity index (χ3v) is 5.30. The van der Waals surface area contributed by atoms with Crippen LogP contribution in [0.2, 0.25) is 0 Å². The topological polar surface area (TPSA) is 18.5 Å². The van der Waals surface area contributed by atoms with Gasteiger partial charge in [-0.25, -0.2) is 0 Å². The summed E-state index contributed by atoms with van der Waals surface area (Å²) in [5.41, 5.74) is 1.23. The monoisotopic (exact) mass is 244 g/mol. The Bertz CT molecular complexity index is 484. The zero-order chi connectivity index (χ0) is 12.3. The van der Waals surface area contributed by atoms with Crippen molar-refractivity contribution in [2.75, 3.05) is 6.61 Å². The van der Waals surface area contributed by atoms with Crippen LogP contribution in [-0.4, -0.2) is 12.2 Å². The Balaban J connectivity index is 1.83. The van der Waals surface area contributed by atoms with Crippen molar-refractivity contribution in [1.29, 1.82) is 0 Å². The smallest absolute Gasteiger partial charge is 0.125 e. The molecule has 2 fully saturated rings. The van der Waals surface area contributed by atoms with Crippen molar-refractivity contribution in [3.8, 4) is 5.75 Å². The quantitative estimate of drug-likeness (QED) is 0.694. The van der Waals surface area contributed by atoms with Gasteiger partial charge >= 0.3 is 0 Å². The zero-order valence-corrected chi connectivity index (χ0v) is 11.1. The molecule has 0 N–H and O–H groups in total. The molecule has 1 aliphatic carbocycles. The fourth-order valence-electron chi connectivity index (χ4n) is 4.27. The maximum atomic E-state index is 6.37.